The summed E-state index contributed by atoms with van der Waals surface area (Å²) in [6.45, 7) is 2.54. The van der Waals surface area contributed by atoms with Gasteiger partial charge in [-0.1, -0.05) is 19.8 Å². The quantitative estimate of drug-likeness (QED) is 0.478. The molecule has 0 bridgehead atoms. The lowest BCUT2D eigenvalue weighted by Crippen LogP contribution is -2.23. The Labute approximate surface area is 88.1 Å². The second kappa shape index (κ2) is 5.30. The zero-order valence-electron chi connectivity index (χ0n) is 8.72. The van der Waals surface area contributed by atoms with E-state index in [-0.39, 0.29) is 17.8 Å². The average Bonchev–Trinajstić information content (AvgIpc) is 2.16. The van der Waals surface area contributed by atoms with Crippen LogP contribution in [0.2, 0.25) is 0 Å². The number of nitrogens with zero attached hydrogens (tertiary/aromatic N) is 4. The van der Waals surface area contributed by atoms with Gasteiger partial charge < -0.3 is 11.5 Å². The molecule has 0 aliphatic heterocycles. The maximum Gasteiger partial charge on any atom is 0.256 e. The predicted octanol–water partition coefficient (Wildman–Crippen LogP) is 0.422. The van der Waals surface area contributed by atoms with Gasteiger partial charge in [0, 0.05) is 6.54 Å². The van der Waals surface area contributed by atoms with Gasteiger partial charge in [-0.05, 0) is 6.42 Å². The first kappa shape index (κ1) is 11.4. The van der Waals surface area contributed by atoms with Gasteiger partial charge in [0.25, 0.3) is 5.95 Å². The van der Waals surface area contributed by atoms with Crippen molar-refractivity contribution in [2.75, 3.05) is 23.1 Å². The van der Waals surface area contributed by atoms with Crippen molar-refractivity contribution in [3.63, 3.8) is 0 Å². The molecule has 0 spiro atoms. The summed E-state index contributed by atoms with van der Waals surface area (Å²) in [6, 6.07) is 0. The Kier molecular flexibility index (Phi) is 4.04. The number of unbranched alkanes of at least 4 members (excludes halogenated alkanes) is 2. The highest BCUT2D eigenvalue weighted by atomic mass is 16.5. The van der Waals surface area contributed by atoms with Gasteiger partial charge in [0.15, 0.2) is 0 Å². The molecule has 0 aliphatic rings. The van der Waals surface area contributed by atoms with Gasteiger partial charge in [0.1, 0.15) is 0 Å². The molecule has 7 heteroatoms. The van der Waals surface area contributed by atoms with Gasteiger partial charge in [-0.15, -0.1) is 0 Å². The van der Waals surface area contributed by atoms with Crippen molar-refractivity contribution in [3.05, 3.63) is 0 Å². The number of hydrogen-bond acceptors (Lipinski definition) is 7. The van der Waals surface area contributed by atoms with Crippen molar-refractivity contribution < 1.29 is 5.21 Å². The first-order valence-corrected chi connectivity index (χ1v) is 4.87. The first-order valence-electron chi connectivity index (χ1n) is 4.87. The Morgan fingerprint density at radius 2 is 1.73 bits per heavy atom. The third-order valence-electron chi connectivity index (χ3n) is 1.86. The number of hydrogen-bond donors (Lipinski definition) is 3. The van der Waals surface area contributed by atoms with Crippen LogP contribution < -0.4 is 16.5 Å². The zero-order chi connectivity index (χ0) is 11.3. The van der Waals surface area contributed by atoms with E-state index in [2.05, 4.69) is 21.9 Å². The van der Waals surface area contributed by atoms with Crippen LogP contribution in [0.5, 0.6) is 0 Å². The molecule has 0 saturated carbocycles. The molecule has 5 N–H and O–H groups in total. The molecule has 1 aromatic rings. The Morgan fingerprint density at radius 3 is 2.27 bits per heavy atom. The highest BCUT2D eigenvalue weighted by Crippen LogP contribution is 2.09. The van der Waals surface area contributed by atoms with Gasteiger partial charge in [-0.2, -0.15) is 15.0 Å². The molecule has 84 valence electrons. The summed E-state index contributed by atoms with van der Waals surface area (Å²) in [4.78, 5) is 11.1. The largest absolute Gasteiger partial charge is 0.368 e. The van der Waals surface area contributed by atoms with Crippen LogP contribution in [0, 0.1) is 0 Å². The minimum absolute atomic E-state index is 0.00652. The Balaban J connectivity index is 2.60. The maximum absolute atomic E-state index is 9.57. The summed E-state index contributed by atoms with van der Waals surface area (Å²) in [7, 11) is 0. The fourth-order valence-electron chi connectivity index (χ4n) is 1.12. The number of anilines is 3. The number of hydroxylamine groups is 1. The van der Waals surface area contributed by atoms with Gasteiger partial charge in [-0.3, -0.25) is 5.21 Å². The van der Waals surface area contributed by atoms with Gasteiger partial charge in [0.05, 0.1) is 0 Å². The van der Waals surface area contributed by atoms with Gasteiger partial charge >= 0.3 is 0 Å². The summed E-state index contributed by atoms with van der Waals surface area (Å²) < 4.78 is 0. The summed E-state index contributed by atoms with van der Waals surface area (Å²) in [6.07, 6.45) is 2.97. The second-order valence-corrected chi connectivity index (χ2v) is 3.18. The summed E-state index contributed by atoms with van der Waals surface area (Å²) in [5.41, 5.74) is 10.7. The lowest BCUT2D eigenvalue weighted by Gasteiger charge is -2.14. The van der Waals surface area contributed by atoms with E-state index in [1.807, 2.05) is 0 Å². The summed E-state index contributed by atoms with van der Waals surface area (Å²) in [5.74, 6) is 0.107. The lowest BCUT2D eigenvalue weighted by atomic mass is 10.2. The fourth-order valence-corrected chi connectivity index (χ4v) is 1.12. The fraction of sp³-hybridized carbons (Fsp3) is 0.625. The molecule has 1 rings (SSSR count). The molecular weight excluding hydrogens is 196 g/mol. The molecule has 0 saturated heterocycles. The number of rotatable bonds is 5. The molecule has 0 atom stereocenters. The first-order chi connectivity index (χ1) is 7.13. The molecule has 0 aliphatic carbocycles. The van der Waals surface area contributed by atoms with E-state index in [9.17, 15) is 5.21 Å². The third-order valence-corrected chi connectivity index (χ3v) is 1.86. The molecule has 0 unspecified atom stereocenters. The minimum atomic E-state index is 0.00652. The van der Waals surface area contributed by atoms with Crippen molar-refractivity contribution in [1.82, 2.24) is 15.0 Å². The molecule has 1 heterocycles. The van der Waals surface area contributed by atoms with Crippen LogP contribution >= 0.6 is 0 Å². The van der Waals surface area contributed by atoms with E-state index < -0.39 is 0 Å². The second-order valence-electron chi connectivity index (χ2n) is 3.18. The van der Waals surface area contributed by atoms with E-state index in [1.165, 1.54) is 0 Å². The van der Waals surface area contributed by atoms with Crippen molar-refractivity contribution in [2.24, 2.45) is 0 Å². The van der Waals surface area contributed by atoms with E-state index in [0.717, 1.165) is 24.3 Å². The number of nitrogens with two attached hydrogens (primary N) is 2. The molecule has 0 radical (unpaired) electrons. The van der Waals surface area contributed by atoms with E-state index in [0.29, 0.717) is 6.54 Å². The topological polar surface area (TPSA) is 114 Å². The van der Waals surface area contributed by atoms with Crippen molar-refractivity contribution >= 4 is 17.8 Å². The smallest absolute Gasteiger partial charge is 0.256 e. The number of nitrogen functional groups attached to an aromatic ring is 2. The van der Waals surface area contributed by atoms with Gasteiger partial charge in [0.2, 0.25) is 11.9 Å². The molecule has 0 aromatic carbocycles. The molecule has 7 nitrogen and oxygen atoms in total. The van der Waals surface area contributed by atoms with E-state index in [1.54, 1.807) is 0 Å². The SMILES string of the molecule is CCCCCN(O)c1nc(N)nc(N)n1. The lowest BCUT2D eigenvalue weighted by molar-refractivity contribution is 0.244. The number of aromatic nitrogens is 3. The van der Waals surface area contributed by atoms with Crippen molar-refractivity contribution in [3.8, 4) is 0 Å². The third kappa shape index (κ3) is 3.55. The van der Waals surface area contributed by atoms with Crippen molar-refractivity contribution in [1.29, 1.82) is 0 Å². The highest BCUT2D eigenvalue weighted by molar-refractivity contribution is 5.37. The standard InChI is InChI=1S/C8H16N6O/c1-2-3-4-5-14(15)8-12-6(9)11-7(10)13-8/h15H,2-5H2,1H3,(H4,9,10,11,12,13). The van der Waals surface area contributed by atoms with Crippen LogP contribution in [0.25, 0.3) is 0 Å². The van der Waals surface area contributed by atoms with Crippen LogP contribution in [0.4, 0.5) is 17.8 Å². The molecular formula is C8H16N6O. The van der Waals surface area contributed by atoms with Gasteiger partial charge in [-0.25, -0.2) is 5.06 Å². The van der Waals surface area contributed by atoms with E-state index >= 15 is 0 Å². The average molecular weight is 212 g/mol. The molecule has 15 heavy (non-hydrogen) atoms. The summed E-state index contributed by atoms with van der Waals surface area (Å²) >= 11 is 0. The Bertz CT molecular complexity index is 298. The Morgan fingerprint density at radius 1 is 1.13 bits per heavy atom. The summed E-state index contributed by atoms with van der Waals surface area (Å²) in [5, 5.41) is 10.5. The van der Waals surface area contributed by atoms with Crippen LogP contribution in [-0.2, 0) is 0 Å². The monoisotopic (exact) mass is 212 g/mol. The van der Waals surface area contributed by atoms with Crippen LogP contribution in [0.15, 0.2) is 0 Å². The Hall–Kier alpha value is -1.63. The molecule has 0 amide bonds. The van der Waals surface area contributed by atoms with Crippen LogP contribution in [-0.4, -0.2) is 26.7 Å². The van der Waals surface area contributed by atoms with Crippen LogP contribution in [0.1, 0.15) is 26.2 Å². The zero-order valence-corrected chi connectivity index (χ0v) is 8.72. The molecule has 1 aromatic heterocycles. The maximum atomic E-state index is 9.57. The predicted molar refractivity (Wildman–Crippen MR) is 57.3 cm³/mol. The minimum Gasteiger partial charge on any atom is -0.368 e. The molecule has 0 fully saturated rings. The van der Waals surface area contributed by atoms with Crippen molar-refractivity contribution in [2.45, 2.75) is 26.2 Å². The highest BCUT2D eigenvalue weighted by Gasteiger charge is 2.08. The van der Waals surface area contributed by atoms with E-state index in [4.69, 9.17) is 11.5 Å². The normalized spacial score (nSPS) is 10.3. The van der Waals surface area contributed by atoms with Crippen LogP contribution in [0.3, 0.4) is 0 Å².